The molecule has 0 saturated carbocycles. The third kappa shape index (κ3) is 9.08. The summed E-state index contributed by atoms with van der Waals surface area (Å²) in [5, 5.41) is 7.38. The minimum absolute atomic E-state index is 0.0131. The van der Waals surface area contributed by atoms with Crippen molar-refractivity contribution in [2.24, 2.45) is 11.8 Å². The number of alkyl carbamates (subject to hydrolysis) is 2. The zero-order valence-corrected chi connectivity index (χ0v) is 37.8. The van der Waals surface area contributed by atoms with Crippen molar-refractivity contribution in [2.45, 2.75) is 71.3 Å². The summed E-state index contributed by atoms with van der Waals surface area (Å²) in [4.78, 5) is 73.2. The minimum atomic E-state index is -0.985. The van der Waals surface area contributed by atoms with Gasteiger partial charge in [0.05, 0.1) is 55.8 Å². The van der Waals surface area contributed by atoms with Gasteiger partial charge in [0.25, 0.3) is 5.91 Å². The summed E-state index contributed by atoms with van der Waals surface area (Å²) < 4.78 is 21.6. The average molecular weight is 885 g/mol. The Labute approximate surface area is 377 Å². The van der Waals surface area contributed by atoms with Crippen molar-refractivity contribution in [3.8, 4) is 28.1 Å². The number of nitrogens with zero attached hydrogens (tertiary/aromatic N) is 4. The Morgan fingerprint density at radius 1 is 0.908 bits per heavy atom. The number of rotatable bonds is 14. The number of fused-ring (bicyclic) bond motifs is 6. The number of H-pyrrole nitrogens is 2. The fraction of sp³-hybridized carbons (Fsp3) is 0.388. The quantitative estimate of drug-likeness (QED) is 0.0834. The first-order chi connectivity index (χ1) is 31.4. The van der Waals surface area contributed by atoms with Crippen molar-refractivity contribution in [1.82, 2.24) is 40.4 Å². The predicted molar refractivity (Wildman–Crippen MR) is 245 cm³/mol. The number of aromatic nitrogens is 4. The lowest BCUT2D eigenvalue weighted by atomic mass is 9.92. The van der Waals surface area contributed by atoms with Gasteiger partial charge in [0.15, 0.2) is 0 Å². The van der Waals surface area contributed by atoms with Crippen LogP contribution in [0, 0.1) is 11.8 Å². The molecule has 16 nitrogen and oxygen atoms in total. The molecule has 0 aliphatic carbocycles. The Bertz CT molecular complexity index is 2710. The molecule has 1 fully saturated rings. The highest BCUT2D eigenvalue weighted by atomic mass is 16.5. The van der Waals surface area contributed by atoms with Crippen molar-refractivity contribution >= 4 is 45.8 Å². The molecule has 0 spiro atoms. The van der Waals surface area contributed by atoms with Gasteiger partial charge in [-0.2, -0.15) is 0 Å². The number of benzene rings is 4. The smallest absolute Gasteiger partial charge is 0.407 e. The largest absolute Gasteiger partial charge is 0.488 e. The highest BCUT2D eigenvalue weighted by Gasteiger charge is 2.38. The Hall–Kier alpha value is -6.94. The van der Waals surface area contributed by atoms with E-state index in [0.29, 0.717) is 43.5 Å². The zero-order chi connectivity index (χ0) is 45.9. The molecule has 65 heavy (non-hydrogen) atoms. The van der Waals surface area contributed by atoms with Gasteiger partial charge in [0, 0.05) is 31.1 Å². The summed E-state index contributed by atoms with van der Waals surface area (Å²) in [6.45, 7) is 9.43. The second-order valence-corrected chi connectivity index (χ2v) is 17.2. The molecule has 2 aliphatic heterocycles. The van der Waals surface area contributed by atoms with Gasteiger partial charge in [-0.3, -0.25) is 9.59 Å². The average Bonchev–Trinajstić information content (AvgIpc) is 4.11. The third-order valence-corrected chi connectivity index (χ3v) is 12.4. The monoisotopic (exact) mass is 884 g/mol. The van der Waals surface area contributed by atoms with Gasteiger partial charge in [-0.15, -0.1) is 0 Å². The van der Waals surface area contributed by atoms with Gasteiger partial charge >= 0.3 is 12.2 Å². The number of likely N-dealkylation sites (tertiary alicyclic amines) is 1. The van der Waals surface area contributed by atoms with Crippen molar-refractivity contribution in [3.63, 3.8) is 0 Å². The maximum absolute atomic E-state index is 14.4. The molecule has 16 heteroatoms. The lowest BCUT2D eigenvalue weighted by Crippen LogP contribution is -2.51. The molecule has 340 valence electrons. The maximum atomic E-state index is 14.4. The molecule has 0 bridgehead atoms. The Kier molecular flexibility index (Phi) is 13.1. The number of methoxy groups -OCH3 is 3. The molecule has 0 unspecified atom stereocenters. The van der Waals surface area contributed by atoms with Crippen molar-refractivity contribution in [1.29, 1.82) is 0 Å². The van der Waals surface area contributed by atoms with Crippen molar-refractivity contribution in [2.75, 3.05) is 41.0 Å². The van der Waals surface area contributed by atoms with Gasteiger partial charge in [0.1, 0.15) is 36.1 Å². The SMILES string of the molecule is COC[C@@H](C)CN(C(=O)[C@H](NC(=O)OC)c1ccccc1)[C@@H](C)c1ncc(-c2ccc3c(c2)COc2cc4c(ccc5[nH]c([C@@H]6CCCN6C(=O)[C@@H](NC(=O)OC)C(C)C)nc54)cc2-3)[nH]1. The maximum Gasteiger partial charge on any atom is 0.407 e. The number of amides is 4. The fourth-order valence-electron chi connectivity index (χ4n) is 9.05. The lowest BCUT2D eigenvalue weighted by molar-refractivity contribution is -0.137. The van der Waals surface area contributed by atoms with Gasteiger partial charge in [-0.25, -0.2) is 19.6 Å². The van der Waals surface area contributed by atoms with E-state index in [1.807, 2.05) is 62.9 Å². The van der Waals surface area contributed by atoms with Crippen LogP contribution in [0.1, 0.15) is 81.4 Å². The first-order valence-corrected chi connectivity index (χ1v) is 22.0. The van der Waals surface area contributed by atoms with Crippen molar-refractivity contribution in [3.05, 3.63) is 102 Å². The molecule has 0 radical (unpaired) electrons. The Morgan fingerprint density at radius 3 is 2.42 bits per heavy atom. The molecule has 5 atom stereocenters. The summed E-state index contributed by atoms with van der Waals surface area (Å²) in [7, 11) is 4.19. The van der Waals surface area contributed by atoms with Crippen LogP contribution in [-0.4, -0.2) is 101 Å². The van der Waals surface area contributed by atoms with Gasteiger partial charge < -0.3 is 49.3 Å². The molecule has 4 amide bonds. The second-order valence-electron chi connectivity index (χ2n) is 17.2. The van der Waals surface area contributed by atoms with Crippen LogP contribution in [0.3, 0.4) is 0 Å². The van der Waals surface area contributed by atoms with Crippen LogP contribution >= 0.6 is 0 Å². The summed E-state index contributed by atoms with van der Waals surface area (Å²) in [5.41, 5.74) is 7.02. The normalized spacial score (nSPS) is 16.2. The molecule has 1 saturated heterocycles. The number of hydrogen-bond acceptors (Lipinski definition) is 10. The van der Waals surface area contributed by atoms with Crippen LogP contribution in [0.25, 0.3) is 44.2 Å². The van der Waals surface area contributed by atoms with Crippen LogP contribution in [0.4, 0.5) is 9.59 Å². The highest BCUT2D eigenvalue weighted by molar-refractivity contribution is 6.07. The van der Waals surface area contributed by atoms with E-state index < -0.39 is 30.3 Å². The Balaban J connectivity index is 1.04. The van der Waals surface area contributed by atoms with E-state index in [9.17, 15) is 19.2 Å². The second kappa shape index (κ2) is 19.0. The van der Waals surface area contributed by atoms with Crippen LogP contribution < -0.4 is 15.4 Å². The van der Waals surface area contributed by atoms with Crippen LogP contribution in [0.15, 0.2) is 79.0 Å². The van der Waals surface area contributed by atoms with Crippen LogP contribution in [-0.2, 0) is 30.4 Å². The Morgan fingerprint density at radius 2 is 1.68 bits per heavy atom. The molecule has 6 aromatic rings. The number of imidazole rings is 2. The molecule has 8 rings (SSSR count). The van der Waals surface area contributed by atoms with E-state index in [1.165, 1.54) is 14.2 Å². The number of hydrogen-bond donors (Lipinski definition) is 4. The number of aromatic amines is 2. The number of carbonyl (C=O) groups is 4. The molecule has 4 N–H and O–H groups in total. The zero-order valence-electron chi connectivity index (χ0n) is 37.8. The van der Waals surface area contributed by atoms with E-state index in [1.54, 1.807) is 30.3 Å². The van der Waals surface area contributed by atoms with E-state index in [4.69, 9.17) is 28.9 Å². The van der Waals surface area contributed by atoms with Gasteiger partial charge in [-0.1, -0.05) is 69.3 Å². The minimum Gasteiger partial charge on any atom is -0.488 e. The fourth-order valence-corrected chi connectivity index (χ4v) is 9.05. The number of nitrogens with one attached hydrogen (secondary N) is 4. The summed E-state index contributed by atoms with van der Waals surface area (Å²) in [6, 6.07) is 21.2. The third-order valence-electron chi connectivity index (χ3n) is 12.4. The van der Waals surface area contributed by atoms with Crippen molar-refractivity contribution < 1.29 is 38.1 Å². The number of carbonyl (C=O) groups excluding carboxylic acids is 4. The lowest BCUT2D eigenvalue weighted by Gasteiger charge is -2.33. The molecular weight excluding hydrogens is 829 g/mol. The first kappa shape index (κ1) is 44.7. The van der Waals surface area contributed by atoms with Crippen LogP contribution in [0.5, 0.6) is 5.75 Å². The molecular formula is C49H56N8O8. The van der Waals surface area contributed by atoms with E-state index in [2.05, 4.69) is 50.9 Å². The van der Waals surface area contributed by atoms with E-state index in [0.717, 1.165) is 68.3 Å². The topological polar surface area (TPSA) is 193 Å². The van der Waals surface area contributed by atoms with Gasteiger partial charge in [0.2, 0.25) is 5.91 Å². The first-order valence-electron chi connectivity index (χ1n) is 22.0. The molecule has 2 aliphatic rings. The summed E-state index contributed by atoms with van der Waals surface area (Å²) in [5.74, 6) is 1.44. The summed E-state index contributed by atoms with van der Waals surface area (Å²) >= 11 is 0. The van der Waals surface area contributed by atoms with Gasteiger partial charge in [-0.05, 0) is 83.5 Å². The van der Waals surface area contributed by atoms with E-state index >= 15 is 0 Å². The molecule has 4 aromatic carbocycles. The number of ether oxygens (including phenoxy) is 4. The molecule has 4 heterocycles. The predicted octanol–water partition coefficient (Wildman–Crippen LogP) is 7.98. The van der Waals surface area contributed by atoms with Crippen LogP contribution in [0.2, 0.25) is 0 Å². The standard InChI is InChI=1S/C49H56N8O8/c1-27(2)41(54-48(60)63-6)46(58)56-19-11-14-39(56)45-51-37-18-16-31-21-36-34-17-15-32(20-33(34)26-65-40(36)22-35(31)43(37)53-45)38-23-50-44(52-38)29(4)57(24-28(3)25-62-5)47(59)42(55-49(61)64-7)30-12-9-8-10-13-30/h8-10,12-13,15-18,20-23,27-29,39,41-42H,11,14,19,24-26H2,1-7H3,(H,50,52)(H,51,53)(H,54,60)(H,55,61)/t28-,29-,39-,41-,42+/m0/s1. The summed E-state index contributed by atoms with van der Waals surface area (Å²) in [6.07, 6.45) is 1.99. The highest BCUT2D eigenvalue weighted by Crippen LogP contribution is 2.43. The van der Waals surface area contributed by atoms with E-state index in [-0.39, 0.29) is 29.7 Å². The molecule has 2 aromatic heterocycles.